The Bertz CT molecular complexity index is 611. The Morgan fingerprint density at radius 3 is 2.00 bits per heavy atom. The van der Waals surface area contributed by atoms with Gasteiger partial charge in [0.2, 0.25) is 0 Å². The van der Waals surface area contributed by atoms with Crippen molar-refractivity contribution < 1.29 is 19.8 Å². The first-order valence-electron chi connectivity index (χ1n) is 8.90. The first-order chi connectivity index (χ1) is 12.5. The van der Waals surface area contributed by atoms with Crippen LogP contribution in [0, 0.1) is 5.92 Å². The second kappa shape index (κ2) is 12.7. The highest BCUT2D eigenvalue weighted by Gasteiger charge is 2.13. The molecule has 0 radical (unpaired) electrons. The highest BCUT2D eigenvalue weighted by molar-refractivity contribution is 5.76. The predicted molar refractivity (Wildman–Crippen MR) is 107 cm³/mol. The van der Waals surface area contributed by atoms with Gasteiger partial charge >= 0.3 is 11.9 Å². The van der Waals surface area contributed by atoms with Crippen molar-refractivity contribution in [1.82, 2.24) is 0 Å². The van der Waals surface area contributed by atoms with Crippen molar-refractivity contribution in [3.63, 3.8) is 0 Å². The third kappa shape index (κ3) is 11.6. The lowest BCUT2D eigenvalue weighted by Gasteiger charge is -2.09. The van der Waals surface area contributed by atoms with Crippen LogP contribution in [0.1, 0.15) is 50.7 Å². The summed E-state index contributed by atoms with van der Waals surface area (Å²) in [5.41, 5.74) is 17.5. The summed E-state index contributed by atoms with van der Waals surface area (Å²) in [7, 11) is 0. The number of carbonyl (C=O) groups is 2. The summed E-state index contributed by atoms with van der Waals surface area (Å²) in [6.45, 7) is 6.48. The first-order valence-corrected chi connectivity index (χ1v) is 8.90. The number of rotatable bonds is 9. The molecule has 8 heteroatoms. The fraction of sp³-hybridized carbons (Fsp3) is 0.526. The van der Waals surface area contributed by atoms with Gasteiger partial charge in [0.15, 0.2) is 5.96 Å². The van der Waals surface area contributed by atoms with Gasteiger partial charge in [-0.25, -0.2) is 0 Å². The average Bonchev–Trinajstić information content (AvgIpc) is 2.58. The van der Waals surface area contributed by atoms with Gasteiger partial charge in [-0.2, -0.15) is 0 Å². The second-order valence-corrected chi connectivity index (χ2v) is 6.79. The fourth-order valence-corrected chi connectivity index (χ4v) is 2.20. The van der Waals surface area contributed by atoms with E-state index in [9.17, 15) is 9.59 Å². The molecule has 0 aliphatic rings. The number of nitrogens with two attached hydrogens (primary N) is 3. The smallest absolute Gasteiger partial charge is 0.320 e. The van der Waals surface area contributed by atoms with Crippen LogP contribution in [0.5, 0.6) is 0 Å². The van der Waals surface area contributed by atoms with E-state index in [0.29, 0.717) is 25.3 Å². The van der Waals surface area contributed by atoms with Crippen LogP contribution in [-0.4, -0.2) is 40.7 Å². The number of guanidine groups is 1. The quantitative estimate of drug-likeness (QED) is 0.246. The van der Waals surface area contributed by atoms with Crippen molar-refractivity contribution >= 4 is 17.9 Å². The number of hydrogen-bond donors (Lipinski definition) is 5. The van der Waals surface area contributed by atoms with E-state index in [1.165, 1.54) is 5.56 Å². The topological polar surface area (TPSA) is 165 Å². The van der Waals surface area contributed by atoms with Crippen molar-refractivity contribution in [2.75, 3.05) is 6.54 Å². The number of carboxylic acid groups (broad SMARTS) is 2. The van der Waals surface area contributed by atoms with Crippen LogP contribution in [0.2, 0.25) is 0 Å². The Morgan fingerprint density at radius 1 is 1.04 bits per heavy atom. The van der Waals surface area contributed by atoms with Gasteiger partial charge in [-0.05, 0) is 43.2 Å². The Hall–Kier alpha value is -2.61. The largest absolute Gasteiger partial charge is 0.481 e. The average molecular weight is 380 g/mol. The van der Waals surface area contributed by atoms with Crippen molar-refractivity contribution in [1.29, 1.82) is 0 Å². The molecular formula is C19H32N4O4. The van der Waals surface area contributed by atoms with Gasteiger partial charge in [0, 0.05) is 6.54 Å². The van der Waals surface area contributed by atoms with E-state index in [2.05, 4.69) is 18.8 Å². The summed E-state index contributed by atoms with van der Waals surface area (Å²) < 4.78 is 0. The van der Waals surface area contributed by atoms with E-state index in [1.54, 1.807) is 6.92 Å². The standard InChI is InChI=1S/C13H18O2.C6H14N4O2/c1-9(2)8-11-4-6-12(7-5-11)10(3)13(14)15;7-4(5(11)12)2-1-3-10-6(8)9/h4-7,9-10H,8H2,1-3H3,(H,14,15);4H,1-3,7H2,(H,11,12)(H4,8,9,10)/t10-;4-/m00/s1. The lowest BCUT2D eigenvalue weighted by molar-refractivity contribution is -0.139. The van der Waals surface area contributed by atoms with Gasteiger partial charge in [0.05, 0.1) is 5.92 Å². The van der Waals surface area contributed by atoms with Crippen LogP contribution in [0.3, 0.4) is 0 Å². The zero-order chi connectivity index (χ0) is 21.0. The molecule has 152 valence electrons. The Morgan fingerprint density at radius 2 is 1.59 bits per heavy atom. The third-order valence-corrected chi connectivity index (χ3v) is 3.78. The number of nitrogens with zero attached hydrogens (tertiary/aromatic N) is 1. The van der Waals surface area contributed by atoms with Crippen molar-refractivity contribution in [2.24, 2.45) is 28.1 Å². The van der Waals surface area contributed by atoms with Crippen molar-refractivity contribution in [3.8, 4) is 0 Å². The van der Waals surface area contributed by atoms with Crippen molar-refractivity contribution in [2.45, 2.75) is 52.0 Å². The summed E-state index contributed by atoms with van der Waals surface area (Å²) in [6.07, 6.45) is 2.00. The van der Waals surface area contributed by atoms with Crippen LogP contribution in [0.4, 0.5) is 0 Å². The molecule has 0 aliphatic carbocycles. The molecule has 2 atom stereocenters. The third-order valence-electron chi connectivity index (χ3n) is 3.78. The van der Waals surface area contributed by atoms with E-state index < -0.39 is 23.9 Å². The Kier molecular flexibility index (Phi) is 11.5. The van der Waals surface area contributed by atoms with E-state index >= 15 is 0 Å². The van der Waals surface area contributed by atoms with Gasteiger partial charge in [0.25, 0.3) is 0 Å². The summed E-state index contributed by atoms with van der Waals surface area (Å²) in [4.78, 5) is 24.7. The Balaban J connectivity index is 0.000000516. The molecule has 0 aromatic heterocycles. The zero-order valence-electron chi connectivity index (χ0n) is 16.3. The van der Waals surface area contributed by atoms with Gasteiger partial charge in [-0.3, -0.25) is 14.6 Å². The highest BCUT2D eigenvalue weighted by atomic mass is 16.4. The number of aliphatic carboxylic acids is 2. The summed E-state index contributed by atoms with van der Waals surface area (Å²) in [5.74, 6) is -1.55. The predicted octanol–water partition coefficient (Wildman–Crippen LogP) is 1.53. The maximum absolute atomic E-state index is 10.8. The van der Waals surface area contributed by atoms with Crippen LogP contribution in [0.25, 0.3) is 0 Å². The summed E-state index contributed by atoms with van der Waals surface area (Å²) in [6, 6.07) is 7.05. The fourth-order valence-electron chi connectivity index (χ4n) is 2.20. The minimum Gasteiger partial charge on any atom is -0.481 e. The van der Waals surface area contributed by atoms with Crippen LogP contribution in [0.15, 0.2) is 29.3 Å². The van der Waals surface area contributed by atoms with Crippen molar-refractivity contribution in [3.05, 3.63) is 35.4 Å². The lowest BCUT2D eigenvalue weighted by atomic mass is 9.97. The molecule has 0 spiro atoms. The SMILES string of the molecule is CC(C)Cc1ccc([C@H](C)C(=O)O)cc1.NC(N)=NCCC[C@H](N)C(=O)O. The maximum atomic E-state index is 10.8. The molecule has 8 N–H and O–H groups in total. The summed E-state index contributed by atoms with van der Waals surface area (Å²) >= 11 is 0. The molecule has 0 fully saturated rings. The maximum Gasteiger partial charge on any atom is 0.320 e. The highest BCUT2D eigenvalue weighted by Crippen LogP contribution is 2.17. The molecule has 0 saturated heterocycles. The zero-order valence-corrected chi connectivity index (χ0v) is 16.3. The van der Waals surface area contributed by atoms with Gasteiger partial charge < -0.3 is 27.4 Å². The van der Waals surface area contributed by atoms with Crippen LogP contribution < -0.4 is 17.2 Å². The van der Waals surface area contributed by atoms with Crippen LogP contribution in [-0.2, 0) is 16.0 Å². The second-order valence-electron chi connectivity index (χ2n) is 6.79. The molecule has 0 bridgehead atoms. The van der Waals surface area contributed by atoms with E-state index in [0.717, 1.165) is 12.0 Å². The van der Waals surface area contributed by atoms with E-state index in [4.69, 9.17) is 27.4 Å². The molecule has 0 saturated carbocycles. The Labute approximate surface area is 160 Å². The molecule has 0 amide bonds. The number of hydrogen-bond acceptors (Lipinski definition) is 4. The van der Waals surface area contributed by atoms with E-state index in [-0.39, 0.29) is 5.96 Å². The molecule has 8 nitrogen and oxygen atoms in total. The minimum atomic E-state index is -1.00. The number of aliphatic imine (C=N–C) groups is 1. The van der Waals surface area contributed by atoms with Gasteiger partial charge in [-0.1, -0.05) is 38.1 Å². The molecule has 27 heavy (non-hydrogen) atoms. The van der Waals surface area contributed by atoms with Crippen LogP contribution >= 0.6 is 0 Å². The monoisotopic (exact) mass is 380 g/mol. The first kappa shape index (κ1) is 24.4. The number of benzene rings is 1. The molecule has 1 aromatic carbocycles. The molecule has 0 unspecified atom stereocenters. The van der Waals surface area contributed by atoms with Gasteiger partial charge in [0.1, 0.15) is 6.04 Å². The normalized spacial score (nSPS) is 12.5. The summed E-state index contributed by atoms with van der Waals surface area (Å²) in [5, 5.41) is 17.2. The van der Waals surface area contributed by atoms with Gasteiger partial charge in [-0.15, -0.1) is 0 Å². The molecule has 1 rings (SSSR count). The minimum absolute atomic E-state index is 0.0129. The lowest BCUT2D eigenvalue weighted by Crippen LogP contribution is -2.30. The molecular weight excluding hydrogens is 348 g/mol. The number of carboxylic acids is 2. The van der Waals surface area contributed by atoms with E-state index in [1.807, 2.05) is 24.3 Å². The molecule has 0 aliphatic heterocycles. The molecule has 1 aromatic rings. The molecule has 0 heterocycles.